The predicted octanol–water partition coefficient (Wildman–Crippen LogP) is 2.62. The van der Waals surface area contributed by atoms with Crippen LogP contribution in [0.2, 0.25) is 0 Å². The van der Waals surface area contributed by atoms with Crippen LogP contribution < -0.4 is 15.6 Å². The minimum atomic E-state index is -0.305. The van der Waals surface area contributed by atoms with E-state index in [1.807, 2.05) is 37.3 Å². The summed E-state index contributed by atoms with van der Waals surface area (Å²) in [7, 11) is 1.60. The number of benzene rings is 1. The number of rotatable bonds is 7. The van der Waals surface area contributed by atoms with Gasteiger partial charge in [0.1, 0.15) is 11.3 Å². The summed E-state index contributed by atoms with van der Waals surface area (Å²) in [5, 5.41) is 3.21. The average molecular weight is 356 g/mol. The highest BCUT2D eigenvalue weighted by Gasteiger charge is 2.18. The second-order valence-corrected chi connectivity index (χ2v) is 6.45. The summed E-state index contributed by atoms with van der Waals surface area (Å²) in [6.45, 7) is 3.58. The molecule has 1 fully saturated rings. The molecule has 1 aliphatic heterocycles. The third-order valence-electron chi connectivity index (χ3n) is 4.73. The number of pyridine rings is 1. The number of aromatic nitrogens is 1. The largest absolute Gasteiger partial charge is 0.496 e. The van der Waals surface area contributed by atoms with Crippen LogP contribution in [0.5, 0.6) is 5.75 Å². The van der Waals surface area contributed by atoms with Crippen molar-refractivity contribution in [2.24, 2.45) is 0 Å². The Balaban J connectivity index is 1.89. The number of methoxy groups -OCH3 is 1. The Labute approximate surface area is 152 Å². The van der Waals surface area contributed by atoms with Crippen molar-refractivity contribution in [3.05, 3.63) is 57.5 Å². The number of carbonyl (C=O) groups is 1. The van der Waals surface area contributed by atoms with Crippen LogP contribution >= 0.6 is 0 Å². The van der Waals surface area contributed by atoms with Crippen LogP contribution in [0.3, 0.4) is 0 Å². The normalized spacial score (nSPS) is 16.5. The molecule has 2 heterocycles. The van der Waals surface area contributed by atoms with Crippen molar-refractivity contribution < 1.29 is 14.3 Å². The Kier molecular flexibility index (Phi) is 5.73. The molecule has 6 nitrogen and oxygen atoms in total. The van der Waals surface area contributed by atoms with Gasteiger partial charge in [-0.1, -0.05) is 18.2 Å². The molecule has 1 N–H and O–H groups in total. The Bertz CT molecular complexity index is 838. The maximum Gasteiger partial charge on any atom is 0.263 e. The molecule has 0 bridgehead atoms. The summed E-state index contributed by atoms with van der Waals surface area (Å²) in [5.74, 6) is 0.715. The fourth-order valence-corrected chi connectivity index (χ4v) is 3.28. The van der Waals surface area contributed by atoms with E-state index in [2.05, 4.69) is 5.32 Å². The van der Waals surface area contributed by atoms with Crippen molar-refractivity contribution in [1.82, 2.24) is 4.57 Å². The van der Waals surface area contributed by atoms with Crippen molar-refractivity contribution in [2.45, 2.75) is 32.4 Å². The fraction of sp³-hybridized carbons (Fsp3) is 0.400. The second-order valence-electron chi connectivity index (χ2n) is 6.45. The molecule has 1 atom stereocenters. The molecular formula is C20H24N2O4. The Morgan fingerprint density at radius 1 is 1.38 bits per heavy atom. The predicted molar refractivity (Wildman–Crippen MR) is 100 cm³/mol. The highest BCUT2D eigenvalue weighted by Crippen LogP contribution is 2.20. The van der Waals surface area contributed by atoms with E-state index in [0.29, 0.717) is 30.8 Å². The first kappa shape index (κ1) is 18.2. The molecule has 6 heteroatoms. The van der Waals surface area contributed by atoms with Gasteiger partial charge in [-0.25, -0.2) is 0 Å². The van der Waals surface area contributed by atoms with Crippen LogP contribution in [0.25, 0.3) is 0 Å². The van der Waals surface area contributed by atoms with Gasteiger partial charge in [0, 0.05) is 24.4 Å². The van der Waals surface area contributed by atoms with Gasteiger partial charge in [-0.05, 0) is 31.9 Å². The van der Waals surface area contributed by atoms with Gasteiger partial charge in [-0.15, -0.1) is 0 Å². The molecule has 1 saturated heterocycles. The van der Waals surface area contributed by atoms with Gasteiger partial charge in [0.15, 0.2) is 6.29 Å². The van der Waals surface area contributed by atoms with E-state index in [0.717, 1.165) is 30.7 Å². The van der Waals surface area contributed by atoms with Crippen molar-refractivity contribution in [1.29, 1.82) is 0 Å². The number of nitrogens with one attached hydrogen (secondary N) is 1. The molecule has 0 radical (unpaired) electrons. The molecule has 1 aliphatic rings. The Morgan fingerprint density at radius 3 is 2.88 bits per heavy atom. The second kappa shape index (κ2) is 8.19. The van der Waals surface area contributed by atoms with Crippen LogP contribution in [0, 0.1) is 6.92 Å². The highest BCUT2D eigenvalue weighted by atomic mass is 16.5. The first-order valence-corrected chi connectivity index (χ1v) is 8.81. The van der Waals surface area contributed by atoms with Crippen LogP contribution in [0.15, 0.2) is 35.1 Å². The SMILES string of the molecule is COc1ccccc1Cn1c(C)cc(NCC2CCCO2)c(C=O)c1=O. The summed E-state index contributed by atoms with van der Waals surface area (Å²) >= 11 is 0. The van der Waals surface area contributed by atoms with E-state index in [9.17, 15) is 9.59 Å². The zero-order valence-corrected chi connectivity index (χ0v) is 15.2. The smallest absolute Gasteiger partial charge is 0.263 e. The van der Waals surface area contributed by atoms with Crippen LogP contribution in [-0.2, 0) is 11.3 Å². The van der Waals surface area contributed by atoms with Crippen LogP contribution in [0.4, 0.5) is 5.69 Å². The third-order valence-corrected chi connectivity index (χ3v) is 4.73. The standard InChI is InChI=1S/C20H24N2O4/c1-14-10-18(21-11-16-7-5-9-26-16)17(13-23)20(24)22(14)12-15-6-3-4-8-19(15)25-2/h3-4,6,8,10,13,16,21H,5,7,9,11-12H2,1-2H3. The minimum absolute atomic E-state index is 0.130. The van der Waals surface area contributed by atoms with E-state index in [1.54, 1.807) is 11.7 Å². The lowest BCUT2D eigenvalue weighted by molar-refractivity contribution is 0.112. The molecule has 0 amide bonds. The molecule has 0 aliphatic carbocycles. The lowest BCUT2D eigenvalue weighted by Gasteiger charge is -2.17. The van der Waals surface area contributed by atoms with E-state index in [1.165, 1.54) is 0 Å². The Hall–Kier alpha value is -2.60. The summed E-state index contributed by atoms with van der Waals surface area (Å²) in [4.78, 5) is 24.4. The average Bonchev–Trinajstić information content (AvgIpc) is 3.17. The van der Waals surface area contributed by atoms with Crippen molar-refractivity contribution >= 4 is 12.0 Å². The monoisotopic (exact) mass is 356 g/mol. The molecule has 0 saturated carbocycles. The number of hydrogen-bond acceptors (Lipinski definition) is 5. The van der Waals surface area contributed by atoms with Gasteiger partial charge < -0.3 is 19.4 Å². The summed E-state index contributed by atoms with van der Waals surface area (Å²) < 4.78 is 12.5. The topological polar surface area (TPSA) is 69.6 Å². The molecule has 0 spiro atoms. The highest BCUT2D eigenvalue weighted by molar-refractivity contribution is 5.83. The zero-order chi connectivity index (χ0) is 18.5. The fourth-order valence-electron chi connectivity index (χ4n) is 3.28. The number of aldehydes is 1. The number of nitrogens with zero attached hydrogens (tertiary/aromatic N) is 1. The molecule has 26 heavy (non-hydrogen) atoms. The number of anilines is 1. The molecular weight excluding hydrogens is 332 g/mol. The maximum absolute atomic E-state index is 12.9. The Morgan fingerprint density at radius 2 is 2.19 bits per heavy atom. The van der Waals surface area contributed by atoms with E-state index < -0.39 is 0 Å². The van der Waals surface area contributed by atoms with E-state index in [-0.39, 0.29) is 17.2 Å². The number of ether oxygens (including phenoxy) is 2. The van der Waals surface area contributed by atoms with E-state index in [4.69, 9.17) is 9.47 Å². The van der Waals surface area contributed by atoms with E-state index >= 15 is 0 Å². The van der Waals surface area contributed by atoms with Gasteiger partial charge in [0.25, 0.3) is 5.56 Å². The van der Waals surface area contributed by atoms with Crippen LogP contribution in [-0.4, -0.2) is 37.2 Å². The zero-order valence-electron chi connectivity index (χ0n) is 15.2. The summed E-state index contributed by atoms with van der Waals surface area (Å²) in [6, 6.07) is 9.39. The lowest BCUT2D eigenvalue weighted by atomic mass is 10.1. The molecule has 1 aromatic carbocycles. The van der Waals surface area contributed by atoms with Gasteiger partial charge in [-0.2, -0.15) is 0 Å². The minimum Gasteiger partial charge on any atom is -0.496 e. The summed E-state index contributed by atoms with van der Waals surface area (Å²) in [5.41, 5.74) is 2.07. The maximum atomic E-state index is 12.9. The molecule has 138 valence electrons. The molecule has 1 unspecified atom stereocenters. The molecule has 2 aromatic rings. The number of aryl methyl sites for hydroxylation is 1. The number of para-hydroxylation sites is 1. The third kappa shape index (κ3) is 3.80. The van der Waals surface area contributed by atoms with Crippen molar-refractivity contribution in [3.63, 3.8) is 0 Å². The number of hydrogen-bond donors (Lipinski definition) is 1. The molecule has 1 aromatic heterocycles. The quantitative estimate of drug-likeness (QED) is 0.773. The van der Waals surface area contributed by atoms with Crippen molar-refractivity contribution in [3.8, 4) is 5.75 Å². The lowest BCUT2D eigenvalue weighted by Crippen LogP contribution is -2.29. The van der Waals surface area contributed by atoms with Crippen LogP contribution in [0.1, 0.15) is 34.5 Å². The molecule has 3 rings (SSSR count). The summed E-state index contributed by atoms with van der Waals surface area (Å²) in [6.07, 6.45) is 2.80. The number of carbonyl (C=O) groups excluding carboxylic acids is 1. The first-order valence-electron chi connectivity index (χ1n) is 8.81. The van der Waals surface area contributed by atoms with Gasteiger partial charge in [0.2, 0.25) is 0 Å². The van der Waals surface area contributed by atoms with Gasteiger partial charge in [-0.3, -0.25) is 9.59 Å². The van der Waals surface area contributed by atoms with Gasteiger partial charge in [0.05, 0.1) is 25.4 Å². The first-order chi connectivity index (χ1) is 12.6. The van der Waals surface area contributed by atoms with Gasteiger partial charge >= 0.3 is 0 Å². The van der Waals surface area contributed by atoms with Crippen molar-refractivity contribution in [2.75, 3.05) is 25.6 Å².